The standard InChI is InChI=1S/C70H98O10.2Y/c1-9-11-12-13-17-22-27-65-53(10-2)31-32-54(26-21-16-14-19-24-29-67(73)79-51-59(71)49-77-63-45-37-57(38-46-63)69(3,4)55-33-41-61(75-7)42-34-55)66(65)28-23-18-15-20-25-30-68(74)80-52-60(72)50-78-64-47-39-58(40-48-64)70(5,6)56-35-43-62(76-8)44-36-56;;/h17,22,31-48,53-54,59-60,65-66,71-72H,7-16,18-21,23-30,49-52H2,1-6H3;;/q-2;;/b22-17-;;. The van der Waals surface area contributed by atoms with Crippen molar-refractivity contribution in [1.82, 2.24) is 0 Å². The Morgan fingerprint density at radius 2 is 0.878 bits per heavy atom. The Labute approximate surface area is 544 Å². The van der Waals surface area contributed by atoms with Gasteiger partial charge < -0.3 is 38.6 Å². The van der Waals surface area contributed by atoms with Crippen molar-refractivity contribution in [3.63, 3.8) is 0 Å². The number of aliphatic hydroxyl groups is 2. The average molecular weight is 1280 g/mol. The SMILES string of the molecule is [CH2-]Oc1ccc(C(C)(C)c2ccc(OCC(O)COC(=O)CCCCCCCC3C=CC(CC)C(C/C=C\CCCCC)C3CCCCCCCC(=O)OCC(O)COc3ccc(C(C)(C)c4ccc(O[CH2-])cc4)cc3)cc2)cc1.[Y].[Y]. The maximum absolute atomic E-state index is 12.6. The molecule has 4 aromatic carbocycles. The van der Waals surface area contributed by atoms with Gasteiger partial charge in [-0.1, -0.05) is 179 Å². The zero-order valence-electron chi connectivity index (χ0n) is 50.7. The molecule has 0 amide bonds. The van der Waals surface area contributed by atoms with Gasteiger partial charge in [0.1, 0.15) is 50.1 Å². The number of hydrogen-bond acceptors (Lipinski definition) is 10. The molecule has 1 aliphatic rings. The number of ether oxygens (including phenoxy) is 6. The van der Waals surface area contributed by atoms with Crippen LogP contribution in [-0.2, 0) is 95.3 Å². The van der Waals surface area contributed by atoms with E-state index in [0.29, 0.717) is 59.5 Å². The summed E-state index contributed by atoms with van der Waals surface area (Å²) in [7, 11) is 6.95. The molecular formula is C70H98O10Y2-2. The predicted octanol–water partition coefficient (Wildman–Crippen LogP) is 16.4. The second-order valence-corrected chi connectivity index (χ2v) is 23.2. The van der Waals surface area contributed by atoms with Crippen molar-refractivity contribution in [2.75, 3.05) is 26.4 Å². The van der Waals surface area contributed by atoms with Gasteiger partial charge in [0, 0.05) is 89.1 Å². The number of esters is 2. The molecule has 2 N–H and O–H groups in total. The van der Waals surface area contributed by atoms with Crippen molar-refractivity contribution in [3.8, 4) is 23.0 Å². The Hall–Kier alpha value is -3.37. The first kappa shape index (κ1) is 72.9. The number of carbonyl (C=O) groups is 2. The van der Waals surface area contributed by atoms with Crippen LogP contribution in [0, 0.1) is 37.9 Å². The Kier molecular flexibility index (Phi) is 35.6. The van der Waals surface area contributed by atoms with E-state index in [0.717, 1.165) is 80.0 Å². The van der Waals surface area contributed by atoms with E-state index in [4.69, 9.17) is 28.4 Å². The molecule has 0 spiro atoms. The largest absolute Gasteiger partial charge is 0.665 e. The van der Waals surface area contributed by atoms with Gasteiger partial charge in [-0.15, -0.1) is 0 Å². The van der Waals surface area contributed by atoms with Crippen LogP contribution in [0.1, 0.15) is 192 Å². The van der Waals surface area contributed by atoms with Crippen LogP contribution < -0.4 is 18.9 Å². The third kappa shape index (κ3) is 25.3. The molecule has 10 nitrogen and oxygen atoms in total. The molecule has 1 aliphatic carbocycles. The third-order valence-electron chi connectivity index (χ3n) is 16.5. The molecule has 0 heterocycles. The summed E-state index contributed by atoms with van der Waals surface area (Å²) in [6.07, 6.45) is 28.9. The summed E-state index contributed by atoms with van der Waals surface area (Å²) in [6, 6.07) is 31.5. The van der Waals surface area contributed by atoms with Crippen molar-refractivity contribution >= 4 is 11.9 Å². The topological polar surface area (TPSA) is 130 Å². The Morgan fingerprint density at radius 3 is 1.29 bits per heavy atom. The molecule has 12 heteroatoms. The quantitative estimate of drug-likeness (QED) is 0.0193. The molecule has 0 saturated carbocycles. The molecule has 0 aromatic heterocycles. The van der Waals surface area contributed by atoms with Crippen LogP contribution in [-0.4, -0.2) is 60.8 Å². The molecule has 2 radical (unpaired) electrons. The predicted molar refractivity (Wildman–Crippen MR) is 323 cm³/mol. The number of carbonyl (C=O) groups excluding carboxylic acids is 2. The molecule has 5 rings (SSSR count). The van der Waals surface area contributed by atoms with Crippen LogP contribution >= 0.6 is 0 Å². The van der Waals surface area contributed by atoms with Gasteiger partial charge in [-0.2, -0.15) is 14.2 Å². The van der Waals surface area contributed by atoms with E-state index in [9.17, 15) is 19.8 Å². The monoisotopic (exact) mass is 1280 g/mol. The normalized spacial score (nSPS) is 16.8. The Bertz CT molecular complexity index is 2400. The molecule has 0 saturated heterocycles. The minimum absolute atomic E-state index is 0. The molecule has 0 fully saturated rings. The van der Waals surface area contributed by atoms with Crippen LogP contribution in [0.25, 0.3) is 0 Å². The van der Waals surface area contributed by atoms with E-state index >= 15 is 0 Å². The first-order valence-electron chi connectivity index (χ1n) is 30.2. The molecule has 6 atom stereocenters. The Balaban J connectivity index is 0.00000882. The van der Waals surface area contributed by atoms with Crippen LogP contribution in [0.3, 0.4) is 0 Å². The minimum atomic E-state index is -0.917. The van der Waals surface area contributed by atoms with E-state index in [-0.39, 0.29) is 115 Å². The van der Waals surface area contributed by atoms with Gasteiger partial charge in [0.2, 0.25) is 0 Å². The summed E-state index contributed by atoms with van der Waals surface area (Å²) in [4.78, 5) is 25.2. The summed E-state index contributed by atoms with van der Waals surface area (Å²) in [5, 5.41) is 21.0. The first-order chi connectivity index (χ1) is 38.7. The van der Waals surface area contributed by atoms with Gasteiger partial charge in [0.25, 0.3) is 0 Å². The zero-order chi connectivity index (χ0) is 57.6. The summed E-state index contributed by atoms with van der Waals surface area (Å²) in [5.74, 6) is 4.65. The number of aliphatic hydroxyl groups excluding tert-OH is 2. The number of unbranched alkanes of at least 4 members (excludes halogenated alkanes) is 11. The number of rotatable bonds is 39. The van der Waals surface area contributed by atoms with Crippen molar-refractivity contribution in [2.24, 2.45) is 23.7 Å². The Morgan fingerprint density at radius 1 is 0.488 bits per heavy atom. The molecule has 4 aromatic rings. The molecule has 82 heavy (non-hydrogen) atoms. The van der Waals surface area contributed by atoms with Crippen LogP contribution in [0.5, 0.6) is 23.0 Å². The first-order valence-corrected chi connectivity index (χ1v) is 30.2. The third-order valence-corrected chi connectivity index (χ3v) is 16.5. The zero-order valence-corrected chi connectivity index (χ0v) is 56.4. The maximum atomic E-state index is 12.6. The fourth-order valence-corrected chi connectivity index (χ4v) is 11.2. The van der Waals surface area contributed by atoms with E-state index < -0.39 is 12.2 Å². The molecule has 0 bridgehead atoms. The molecular weight excluding hydrogens is 1180 g/mol. The van der Waals surface area contributed by atoms with Crippen LogP contribution in [0.4, 0.5) is 0 Å². The van der Waals surface area contributed by atoms with Gasteiger partial charge in [0.05, 0.1) is 11.5 Å². The van der Waals surface area contributed by atoms with Gasteiger partial charge in [-0.05, 0) is 146 Å². The van der Waals surface area contributed by atoms with Crippen molar-refractivity contribution in [3.05, 3.63) is 158 Å². The summed E-state index contributed by atoms with van der Waals surface area (Å²) < 4.78 is 32.6. The van der Waals surface area contributed by atoms with E-state index in [1.807, 2.05) is 97.1 Å². The number of benzene rings is 4. The summed E-state index contributed by atoms with van der Waals surface area (Å²) in [6.45, 7) is 13.1. The van der Waals surface area contributed by atoms with Gasteiger partial charge in [-0.25, -0.2) is 0 Å². The van der Waals surface area contributed by atoms with E-state index in [2.05, 4.69) is 80.1 Å². The fraction of sp³-hybridized carbons (Fsp3) is 0.543. The summed E-state index contributed by atoms with van der Waals surface area (Å²) in [5.41, 5.74) is 4.09. The van der Waals surface area contributed by atoms with Crippen molar-refractivity contribution < 1.29 is 114 Å². The second-order valence-electron chi connectivity index (χ2n) is 23.2. The van der Waals surface area contributed by atoms with Crippen molar-refractivity contribution in [2.45, 2.75) is 193 Å². The van der Waals surface area contributed by atoms with Crippen molar-refractivity contribution in [1.29, 1.82) is 0 Å². The summed E-state index contributed by atoms with van der Waals surface area (Å²) >= 11 is 0. The van der Waals surface area contributed by atoms with Gasteiger partial charge in [0.15, 0.2) is 0 Å². The maximum Gasteiger partial charge on any atom is 0.305 e. The molecule has 446 valence electrons. The van der Waals surface area contributed by atoms with E-state index in [1.54, 1.807) is 0 Å². The molecule has 0 aliphatic heterocycles. The van der Waals surface area contributed by atoms with Crippen LogP contribution in [0.15, 0.2) is 121 Å². The second kappa shape index (κ2) is 40.1. The number of hydrogen-bond donors (Lipinski definition) is 2. The smallest absolute Gasteiger partial charge is 0.305 e. The van der Waals surface area contributed by atoms with Gasteiger partial charge in [-0.3, -0.25) is 9.59 Å². The number of allylic oxidation sites excluding steroid dienone is 4. The average Bonchev–Trinajstić information content (AvgIpc) is 3.54. The van der Waals surface area contributed by atoms with E-state index in [1.165, 1.54) is 57.8 Å². The van der Waals surface area contributed by atoms with Crippen LogP contribution in [0.2, 0.25) is 0 Å². The minimum Gasteiger partial charge on any atom is -0.665 e. The fourth-order valence-electron chi connectivity index (χ4n) is 11.2. The van der Waals surface area contributed by atoms with Gasteiger partial charge >= 0.3 is 11.9 Å². The molecule has 6 unspecified atom stereocenters.